The standard InChI is InChI=1S/C21H21N3O3S2/c1-29(26,27)18-9-5-8-17-20(18)22-21(28-17)24-14-12-23(13-15-24)19(25)11-10-16-6-3-2-4-7-16/h2-11H,12-15H2,1H3/b11-10+. The molecule has 6 nitrogen and oxygen atoms in total. The van der Waals surface area contributed by atoms with Crippen LogP contribution in [0, 0.1) is 0 Å². The second-order valence-electron chi connectivity index (χ2n) is 6.93. The van der Waals surface area contributed by atoms with E-state index in [0.29, 0.717) is 31.7 Å². The van der Waals surface area contributed by atoms with Crippen LogP contribution in [0.2, 0.25) is 0 Å². The molecule has 4 rings (SSSR count). The summed E-state index contributed by atoms with van der Waals surface area (Å²) in [5.41, 5.74) is 1.52. The monoisotopic (exact) mass is 427 g/mol. The van der Waals surface area contributed by atoms with Crippen LogP contribution in [0.4, 0.5) is 5.13 Å². The van der Waals surface area contributed by atoms with Gasteiger partial charge in [-0.15, -0.1) is 0 Å². The number of nitrogens with zero attached hydrogens (tertiary/aromatic N) is 3. The number of fused-ring (bicyclic) bond motifs is 1. The zero-order chi connectivity index (χ0) is 20.4. The van der Waals surface area contributed by atoms with E-state index in [1.807, 2.05) is 47.4 Å². The molecule has 1 aliphatic heterocycles. The van der Waals surface area contributed by atoms with E-state index in [1.165, 1.54) is 17.6 Å². The molecule has 1 amide bonds. The summed E-state index contributed by atoms with van der Waals surface area (Å²) in [4.78, 5) is 21.2. The van der Waals surface area contributed by atoms with Gasteiger partial charge in [-0.05, 0) is 23.8 Å². The summed E-state index contributed by atoms with van der Waals surface area (Å²) in [6.07, 6.45) is 4.64. The number of aromatic nitrogens is 1. The van der Waals surface area contributed by atoms with Gasteiger partial charge in [0.15, 0.2) is 15.0 Å². The lowest BCUT2D eigenvalue weighted by Gasteiger charge is -2.34. The Morgan fingerprint density at radius 2 is 1.76 bits per heavy atom. The molecule has 29 heavy (non-hydrogen) atoms. The van der Waals surface area contributed by atoms with Crippen LogP contribution < -0.4 is 4.90 Å². The Bertz CT molecular complexity index is 1160. The highest BCUT2D eigenvalue weighted by Gasteiger charge is 2.23. The topological polar surface area (TPSA) is 70.6 Å². The molecule has 1 aliphatic rings. The summed E-state index contributed by atoms with van der Waals surface area (Å²) in [7, 11) is -3.33. The lowest BCUT2D eigenvalue weighted by Crippen LogP contribution is -2.48. The zero-order valence-electron chi connectivity index (χ0n) is 16.0. The number of piperazine rings is 1. The number of hydrogen-bond donors (Lipinski definition) is 0. The molecule has 1 saturated heterocycles. The number of hydrogen-bond acceptors (Lipinski definition) is 6. The first-order chi connectivity index (χ1) is 13.9. The fraction of sp³-hybridized carbons (Fsp3) is 0.238. The van der Waals surface area contributed by atoms with Gasteiger partial charge in [0.05, 0.1) is 9.60 Å². The van der Waals surface area contributed by atoms with E-state index in [9.17, 15) is 13.2 Å². The number of anilines is 1. The Hall–Kier alpha value is -2.71. The van der Waals surface area contributed by atoms with Gasteiger partial charge in [0.1, 0.15) is 5.52 Å². The van der Waals surface area contributed by atoms with Crippen molar-refractivity contribution in [1.29, 1.82) is 0 Å². The summed E-state index contributed by atoms with van der Waals surface area (Å²) in [6, 6.07) is 15.0. The third-order valence-electron chi connectivity index (χ3n) is 4.85. The molecule has 8 heteroatoms. The third kappa shape index (κ3) is 4.33. The summed E-state index contributed by atoms with van der Waals surface area (Å²) < 4.78 is 24.9. The van der Waals surface area contributed by atoms with Crippen molar-refractivity contribution in [3.8, 4) is 0 Å². The predicted molar refractivity (Wildman–Crippen MR) is 117 cm³/mol. The molecule has 0 atom stereocenters. The van der Waals surface area contributed by atoms with Gasteiger partial charge >= 0.3 is 0 Å². The van der Waals surface area contributed by atoms with Crippen LogP contribution in [-0.2, 0) is 14.6 Å². The number of carbonyl (C=O) groups excluding carboxylic acids is 1. The Labute approximate surface area is 174 Å². The fourth-order valence-electron chi connectivity index (χ4n) is 3.30. The molecule has 0 saturated carbocycles. The molecule has 0 bridgehead atoms. The summed E-state index contributed by atoms with van der Waals surface area (Å²) in [5, 5.41) is 0.794. The Morgan fingerprint density at radius 1 is 1.03 bits per heavy atom. The van der Waals surface area contributed by atoms with E-state index in [-0.39, 0.29) is 10.8 Å². The van der Waals surface area contributed by atoms with Crippen LogP contribution in [-0.4, -0.2) is 56.6 Å². The Kier molecular flexibility index (Phi) is 5.38. The maximum Gasteiger partial charge on any atom is 0.246 e. The Balaban J connectivity index is 1.45. The number of para-hydroxylation sites is 1. The van der Waals surface area contributed by atoms with Gasteiger partial charge in [0, 0.05) is 38.5 Å². The van der Waals surface area contributed by atoms with Gasteiger partial charge < -0.3 is 9.80 Å². The molecule has 0 N–H and O–H groups in total. The van der Waals surface area contributed by atoms with Crippen LogP contribution in [0.25, 0.3) is 16.3 Å². The largest absolute Gasteiger partial charge is 0.345 e. The lowest BCUT2D eigenvalue weighted by atomic mass is 10.2. The smallest absolute Gasteiger partial charge is 0.246 e. The highest BCUT2D eigenvalue weighted by atomic mass is 32.2. The molecule has 1 aromatic heterocycles. The van der Waals surface area contributed by atoms with Crippen molar-refractivity contribution >= 4 is 48.5 Å². The zero-order valence-corrected chi connectivity index (χ0v) is 17.6. The van der Waals surface area contributed by atoms with Crippen molar-refractivity contribution < 1.29 is 13.2 Å². The summed E-state index contributed by atoms with van der Waals surface area (Å²) in [5.74, 6) is -0.00262. The van der Waals surface area contributed by atoms with Gasteiger partial charge in [-0.3, -0.25) is 4.79 Å². The predicted octanol–water partition coefficient (Wildman–Crippen LogP) is 3.06. The second-order valence-corrected chi connectivity index (χ2v) is 9.92. The highest BCUT2D eigenvalue weighted by molar-refractivity contribution is 7.91. The van der Waals surface area contributed by atoms with Crippen molar-refractivity contribution in [2.45, 2.75) is 4.90 Å². The van der Waals surface area contributed by atoms with E-state index in [1.54, 1.807) is 18.2 Å². The van der Waals surface area contributed by atoms with Crippen LogP contribution >= 0.6 is 11.3 Å². The molecule has 0 unspecified atom stereocenters. The number of rotatable bonds is 4. The fourth-order valence-corrected chi connectivity index (χ4v) is 5.24. The van der Waals surface area contributed by atoms with Crippen LogP contribution in [0.15, 0.2) is 59.5 Å². The molecule has 1 fully saturated rings. The first-order valence-corrected chi connectivity index (χ1v) is 12.0. The number of thiazole rings is 1. The number of carbonyl (C=O) groups is 1. The van der Waals surface area contributed by atoms with Crippen molar-refractivity contribution in [1.82, 2.24) is 9.88 Å². The molecule has 0 spiro atoms. The highest BCUT2D eigenvalue weighted by Crippen LogP contribution is 2.33. The minimum Gasteiger partial charge on any atom is -0.345 e. The van der Waals surface area contributed by atoms with Crippen LogP contribution in [0.3, 0.4) is 0 Å². The molecule has 3 aromatic rings. The number of benzene rings is 2. The molecule has 150 valence electrons. The Morgan fingerprint density at radius 3 is 2.45 bits per heavy atom. The van der Waals surface area contributed by atoms with Gasteiger partial charge in [-0.2, -0.15) is 0 Å². The SMILES string of the molecule is CS(=O)(=O)c1cccc2sc(N3CCN(C(=O)/C=C/c4ccccc4)CC3)nc12. The molecule has 2 aromatic carbocycles. The number of sulfone groups is 1. The quantitative estimate of drug-likeness (QED) is 0.599. The average molecular weight is 428 g/mol. The summed E-state index contributed by atoms with van der Waals surface area (Å²) >= 11 is 1.48. The summed E-state index contributed by atoms with van der Waals surface area (Å²) in [6.45, 7) is 2.54. The first-order valence-electron chi connectivity index (χ1n) is 9.28. The van der Waals surface area contributed by atoms with Gasteiger partial charge in [-0.25, -0.2) is 13.4 Å². The van der Waals surface area contributed by atoms with E-state index in [0.717, 1.165) is 15.4 Å². The van der Waals surface area contributed by atoms with E-state index in [2.05, 4.69) is 9.88 Å². The minimum atomic E-state index is -3.33. The van der Waals surface area contributed by atoms with Gasteiger partial charge in [0.25, 0.3) is 0 Å². The van der Waals surface area contributed by atoms with Crippen molar-refractivity contribution in [3.05, 3.63) is 60.2 Å². The van der Waals surface area contributed by atoms with Crippen molar-refractivity contribution in [2.24, 2.45) is 0 Å². The molecule has 2 heterocycles. The van der Waals surface area contributed by atoms with E-state index < -0.39 is 9.84 Å². The third-order valence-corrected chi connectivity index (χ3v) is 7.06. The average Bonchev–Trinajstić information content (AvgIpc) is 3.16. The van der Waals surface area contributed by atoms with Crippen molar-refractivity contribution in [3.63, 3.8) is 0 Å². The first kappa shape index (κ1) is 19.6. The maximum atomic E-state index is 12.5. The maximum absolute atomic E-state index is 12.5. The molecule has 0 aliphatic carbocycles. The number of amides is 1. The van der Waals surface area contributed by atoms with Gasteiger partial charge in [-0.1, -0.05) is 47.7 Å². The molecular formula is C21H21N3O3S2. The second kappa shape index (κ2) is 7.96. The van der Waals surface area contributed by atoms with E-state index in [4.69, 9.17) is 0 Å². The van der Waals surface area contributed by atoms with Crippen molar-refractivity contribution in [2.75, 3.05) is 37.3 Å². The molecular weight excluding hydrogens is 406 g/mol. The van der Waals surface area contributed by atoms with Gasteiger partial charge in [0.2, 0.25) is 5.91 Å². The van der Waals surface area contributed by atoms with Crippen LogP contribution in [0.1, 0.15) is 5.56 Å². The lowest BCUT2D eigenvalue weighted by molar-refractivity contribution is -0.126. The molecule has 0 radical (unpaired) electrons. The normalized spacial score (nSPS) is 15.3. The van der Waals surface area contributed by atoms with E-state index >= 15 is 0 Å². The minimum absolute atomic E-state index is 0.00262. The van der Waals surface area contributed by atoms with Crippen LogP contribution in [0.5, 0.6) is 0 Å².